The molecule has 1 saturated heterocycles. The van der Waals surface area contributed by atoms with Crippen LogP contribution in [0, 0.1) is 0 Å². The van der Waals surface area contributed by atoms with Gasteiger partial charge in [0.05, 0.1) is 5.69 Å². The molecule has 5 heteroatoms. The second-order valence-corrected chi connectivity index (χ2v) is 4.90. The number of nitrogen functional groups attached to an aromatic ring is 1. The van der Waals surface area contributed by atoms with Crippen LogP contribution in [0.25, 0.3) is 0 Å². The molecule has 15 heavy (non-hydrogen) atoms. The summed E-state index contributed by atoms with van der Waals surface area (Å²) >= 11 is 1.90. The number of hydrogen-bond donors (Lipinski definition) is 1. The first-order valence-corrected chi connectivity index (χ1v) is 6.13. The molecule has 1 amide bonds. The summed E-state index contributed by atoms with van der Waals surface area (Å²) in [5, 5.41) is 0. The first-order valence-electron chi connectivity index (χ1n) is 4.97. The fourth-order valence-corrected chi connectivity index (χ4v) is 2.63. The Balaban J connectivity index is 2.16. The van der Waals surface area contributed by atoms with Gasteiger partial charge in [0.15, 0.2) is 0 Å². The van der Waals surface area contributed by atoms with Gasteiger partial charge in [-0.3, -0.25) is 4.79 Å². The van der Waals surface area contributed by atoms with E-state index in [1.165, 1.54) is 0 Å². The molecule has 82 valence electrons. The molecular formula is C10H15N3OS. The summed E-state index contributed by atoms with van der Waals surface area (Å²) < 4.78 is 1.79. The Morgan fingerprint density at radius 3 is 2.67 bits per heavy atom. The number of aryl methyl sites for hydroxylation is 1. The molecule has 0 radical (unpaired) electrons. The monoisotopic (exact) mass is 225 g/mol. The van der Waals surface area contributed by atoms with Crippen molar-refractivity contribution in [1.82, 2.24) is 9.47 Å². The van der Waals surface area contributed by atoms with Crippen molar-refractivity contribution in [2.75, 3.05) is 30.3 Å². The van der Waals surface area contributed by atoms with Crippen molar-refractivity contribution < 1.29 is 4.79 Å². The van der Waals surface area contributed by atoms with Crippen molar-refractivity contribution >= 4 is 23.4 Å². The summed E-state index contributed by atoms with van der Waals surface area (Å²) in [6.07, 6.45) is 1.77. The fraction of sp³-hybridized carbons (Fsp3) is 0.500. The highest BCUT2D eigenvalue weighted by Crippen LogP contribution is 2.15. The van der Waals surface area contributed by atoms with Gasteiger partial charge in [0, 0.05) is 37.8 Å². The maximum Gasteiger partial charge on any atom is 0.270 e. The van der Waals surface area contributed by atoms with Gasteiger partial charge in [-0.2, -0.15) is 11.8 Å². The number of carbonyl (C=O) groups is 1. The van der Waals surface area contributed by atoms with Crippen LogP contribution in [0.3, 0.4) is 0 Å². The lowest BCUT2D eigenvalue weighted by Gasteiger charge is -2.26. The molecule has 0 spiro atoms. The van der Waals surface area contributed by atoms with Crippen LogP contribution in [0.4, 0.5) is 5.69 Å². The summed E-state index contributed by atoms with van der Waals surface area (Å²) in [7, 11) is 1.85. The van der Waals surface area contributed by atoms with E-state index >= 15 is 0 Å². The van der Waals surface area contributed by atoms with E-state index in [1.54, 1.807) is 16.8 Å². The highest BCUT2D eigenvalue weighted by atomic mass is 32.2. The highest BCUT2D eigenvalue weighted by molar-refractivity contribution is 7.99. The van der Waals surface area contributed by atoms with Gasteiger partial charge in [0.1, 0.15) is 5.69 Å². The van der Waals surface area contributed by atoms with E-state index in [1.807, 2.05) is 23.7 Å². The van der Waals surface area contributed by atoms with Gasteiger partial charge >= 0.3 is 0 Å². The van der Waals surface area contributed by atoms with Gasteiger partial charge < -0.3 is 15.2 Å². The number of carbonyl (C=O) groups excluding carboxylic acids is 1. The smallest absolute Gasteiger partial charge is 0.270 e. The Bertz CT molecular complexity index is 369. The summed E-state index contributed by atoms with van der Waals surface area (Å²) in [4.78, 5) is 14.0. The van der Waals surface area contributed by atoms with Crippen molar-refractivity contribution in [1.29, 1.82) is 0 Å². The van der Waals surface area contributed by atoms with E-state index in [9.17, 15) is 4.79 Å². The van der Waals surface area contributed by atoms with Crippen LogP contribution in [0.15, 0.2) is 12.3 Å². The van der Waals surface area contributed by atoms with E-state index in [4.69, 9.17) is 5.73 Å². The van der Waals surface area contributed by atoms with E-state index < -0.39 is 0 Å². The Labute approximate surface area is 93.4 Å². The third-order valence-electron chi connectivity index (χ3n) is 2.54. The Morgan fingerprint density at radius 2 is 2.13 bits per heavy atom. The number of aromatic nitrogens is 1. The third kappa shape index (κ3) is 2.12. The third-order valence-corrected chi connectivity index (χ3v) is 3.49. The molecular weight excluding hydrogens is 210 g/mol. The van der Waals surface area contributed by atoms with Crippen LogP contribution in [0.5, 0.6) is 0 Å². The molecule has 0 aliphatic carbocycles. The summed E-state index contributed by atoms with van der Waals surface area (Å²) in [6.45, 7) is 1.68. The first-order chi connectivity index (χ1) is 7.18. The molecule has 0 unspecified atom stereocenters. The van der Waals surface area contributed by atoms with Crippen molar-refractivity contribution in [3.05, 3.63) is 18.0 Å². The summed E-state index contributed by atoms with van der Waals surface area (Å²) in [5.74, 6) is 2.16. The van der Waals surface area contributed by atoms with E-state index in [-0.39, 0.29) is 5.91 Å². The normalized spacial score (nSPS) is 16.7. The predicted octanol–water partition coefficient (Wildman–Crippen LogP) is 0.796. The molecule has 2 heterocycles. The number of rotatable bonds is 1. The molecule has 1 aliphatic heterocycles. The molecule has 1 aromatic rings. The molecule has 1 aliphatic rings. The Kier molecular flexibility index (Phi) is 2.90. The van der Waals surface area contributed by atoms with Gasteiger partial charge in [-0.05, 0) is 6.07 Å². The molecule has 1 fully saturated rings. The zero-order chi connectivity index (χ0) is 10.8. The second kappa shape index (κ2) is 4.18. The van der Waals surface area contributed by atoms with E-state index in [2.05, 4.69) is 0 Å². The molecule has 0 bridgehead atoms. The van der Waals surface area contributed by atoms with Gasteiger partial charge in [-0.15, -0.1) is 0 Å². The molecule has 0 aromatic carbocycles. The SMILES string of the molecule is Cn1cc(N)cc1C(=O)N1CCSCC1. The lowest BCUT2D eigenvalue weighted by Crippen LogP contribution is -2.38. The molecule has 0 saturated carbocycles. The molecule has 4 nitrogen and oxygen atoms in total. The minimum absolute atomic E-state index is 0.0921. The van der Waals surface area contributed by atoms with Crippen LogP contribution in [-0.2, 0) is 7.05 Å². The molecule has 1 aromatic heterocycles. The fourth-order valence-electron chi connectivity index (χ4n) is 1.73. The largest absolute Gasteiger partial charge is 0.397 e. The Morgan fingerprint density at radius 1 is 1.47 bits per heavy atom. The number of nitrogens with zero attached hydrogens (tertiary/aromatic N) is 2. The van der Waals surface area contributed by atoms with Gasteiger partial charge in [0.25, 0.3) is 5.91 Å². The van der Waals surface area contributed by atoms with Crippen LogP contribution < -0.4 is 5.73 Å². The van der Waals surface area contributed by atoms with Crippen LogP contribution in [0.1, 0.15) is 10.5 Å². The number of anilines is 1. The average molecular weight is 225 g/mol. The second-order valence-electron chi connectivity index (χ2n) is 3.67. The van der Waals surface area contributed by atoms with E-state index in [0.29, 0.717) is 11.4 Å². The van der Waals surface area contributed by atoms with Crippen molar-refractivity contribution in [3.8, 4) is 0 Å². The number of amides is 1. The lowest BCUT2D eigenvalue weighted by molar-refractivity contribution is 0.0763. The minimum Gasteiger partial charge on any atom is -0.397 e. The van der Waals surface area contributed by atoms with Crippen LogP contribution in [0.2, 0.25) is 0 Å². The minimum atomic E-state index is 0.0921. The van der Waals surface area contributed by atoms with Gasteiger partial charge in [-0.1, -0.05) is 0 Å². The zero-order valence-electron chi connectivity index (χ0n) is 8.77. The maximum absolute atomic E-state index is 12.1. The number of thioether (sulfide) groups is 1. The van der Waals surface area contributed by atoms with Crippen molar-refractivity contribution in [2.45, 2.75) is 0 Å². The maximum atomic E-state index is 12.1. The van der Waals surface area contributed by atoms with Crippen LogP contribution >= 0.6 is 11.8 Å². The Hall–Kier alpha value is -1.10. The summed E-state index contributed by atoms with van der Waals surface area (Å²) in [5.41, 5.74) is 6.98. The zero-order valence-corrected chi connectivity index (χ0v) is 9.59. The standard InChI is InChI=1S/C10H15N3OS/c1-12-7-8(11)6-9(12)10(14)13-2-4-15-5-3-13/h6-7H,2-5,11H2,1H3. The summed E-state index contributed by atoms with van der Waals surface area (Å²) in [6, 6.07) is 1.74. The van der Waals surface area contributed by atoms with Crippen molar-refractivity contribution in [2.24, 2.45) is 7.05 Å². The number of nitrogens with two attached hydrogens (primary N) is 1. The molecule has 2 N–H and O–H groups in total. The highest BCUT2D eigenvalue weighted by Gasteiger charge is 2.20. The van der Waals surface area contributed by atoms with Crippen molar-refractivity contribution in [3.63, 3.8) is 0 Å². The number of hydrogen-bond acceptors (Lipinski definition) is 3. The molecule has 2 rings (SSSR count). The molecule has 0 atom stereocenters. The average Bonchev–Trinajstić information content (AvgIpc) is 2.58. The van der Waals surface area contributed by atoms with Gasteiger partial charge in [0.2, 0.25) is 0 Å². The first kappa shape index (κ1) is 10.4. The quantitative estimate of drug-likeness (QED) is 0.769. The van der Waals surface area contributed by atoms with E-state index in [0.717, 1.165) is 24.6 Å². The van der Waals surface area contributed by atoms with Gasteiger partial charge in [-0.25, -0.2) is 0 Å². The topological polar surface area (TPSA) is 51.3 Å². The lowest BCUT2D eigenvalue weighted by atomic mass is 10.3. The van der Waals surface area contributed by atoms with Crippen LogP contribution in [-0.4, -0.2) is 40.0 Å². The predicted molar refractivity (Wildman–Crippen MR) is 63.1 cm³/mol.